The average Bonchev–Trinajstić information content (AvgIpc) is 2.91. The van der Waals surface area contributed by atoms with Crippen molar-refractivity contribution in [3.63, 3.8) is 0 Å². The topological polar surface area (TPSA) is 146 Å². The van der Waals surface area contributed by atoms with Gasteiger partial charge in [-0.15, -0.1) is 0 Å². The van der Waals surface area contributed by atoms with Gasteiger partial charge in [0.15, 0.2) is 5.78 Å². The summed E-state index contributed by atoms with van der Waals surface area (Å²) < 4.78 is 58.1. The Morgan fingerprint density at radius 3 is 2.11 bits per heavy atom. The standard InChI is InChI=1S/C30H40F3N3O7S/c1-8-41-26(38)22-16(2)35-17(3)23(24(22)18-11-9-10-12-19(18)30(31,32)33)27(39)42-15-20(34)25(37)21(13-14-44-7)36-28(40)43-29(4,5)6/h9-12,20-21,24,35H,8,13-15,34H2,1-7H3,(H,36,40)/t20?,21-,24?/m0/s1. The second kappa shape index (κ2) is 15.5. The highest BCUT2D eigenvalue weighted by Crippen LogP contribution is 2.44. The van der Waals surface area contributed by atoms with Crippen molar-refractivity contribution in [2.45, 2.75) is 77.7 Å². The number of carbonyl (C=O) groups is 4. The number of esters is 2. The van der Waals surface area contributed by atoms with Gasteiger partial charge >= 0.3 is 24.2 Å². The van der Waals surface area contributed by atoms with Crippen LogP contribution in [-0.2, 0) is 34.8 Å². The summed E-state index contributed by atoms with van der Waals surface area (Å²) in [6.07, 6.45) is -3.59. The van der Waals surface area contributed by atoms with Gasteiger partial charge in [-0.05, 0) is 71.6 Å². The maximum atomic E-state index is 14.1. The molecule has 0 saturated heterocycles. The molecule has 1 aliphatic rings. The van der Waals surface area contributed by atoms with Crippen molar-refractivity contribution in [2.24, 2.45) is 5.73 Å². The number of benzene rings is 1. The summed E-state index contributed by atoms with van der Waals surface area (Å²) in [4.78, 5) is 52.1. The second-order valence-corrected chi connectivity index (χ2v) is 12.0. The van der Waals surface area contributed by atoms with Gasteiger partial charge in [0.05, 0.1) is 35.3 Å². The molecule has 0 aliphatic carbocycles. The van der Waals surface area contributed by atoms with E-state index in [1.807, 2.05) is 6.26 Å². The number of amides is 1. The van der Waals surface area contributed by atoms with E-state index in [1.54, 1.807) is 27.7 Å². The van der Waals surface area contributed by atoms with Crippen molar-refractivity contribution in [3.05, 3.63) is 57.9 Å². The number of alkyl halides is 3. The summed E-state index contributed by atoms with van der Waals surface area (Å²) in [7, 11) is 0. The third-order valence-corrected chi connectivity index (χ3v) is 7.10. The maximum absolute atomic E-state index is 14.1. The lowest BCUT2D eigenvalue weighted by Crippen LogP contribution is -2.51. The van der Waals surface area contributed by atoms with E-state index < -0.39 is 65.8 Å². The first-order chi connectivity index (χ1) is 20.4. The molecule has 14 heteroatoms. The van der Waals surface area contributed by atoms with E-state index in [9.17, 15) is 32.3 Å². The Hall–Kier alpha value is -3.52. The monoisotopic (exact) mass is 643 g/mol. The number of allylic oxidation sites excluding steroid dienone is 2. The molecular formula is C30H40F3N3O7S. The minimum absolute atomic E-state index is 0.0578. The lowest BCUT2D eigenvalue weighted by atomic mass is 9.78. The van der Waals surface area contributed by atoms with Crippen molar-refractivity contribution in [2.75, 3.05) is 25.2 Å². The van der Waals surface area contributed by atoms with Crippen LogP contribution in [0.2, 0.25) is 0 Å². The number of ketones is 1. The van der Waals surface area contributed by atoms with E-state index in [-0.39, 0.29) is 41.1 Å². The fourth-order valence-corrected chi connectivity index (χ4v) is 5.09. The van der Waals surface area contributed by atoms with Crippen molar-refractivity contribution < 1.29 is 46.6 Å². The molecule has 2 unspecified atom stereocenters. The second-order valence-electron chi connectivity index (χ2n) is 11.0. The Kier molecular flexibility index (Phi) is 12.9. The van der Waals surface area contributed by atoms with E-state index in [0.29, 0.717) is 5.75 Å². The molecule has 244 valence electrons. The van der Waals surface area contributed by atoms with E-state index in [1.165, 1.54) is 43.8 Å². The van der Waals surface area contributed by atoms with Gasteiger partial charge in [0, 0.05) is 11.4 Å². The van der Waals surface area contributed by atoms with Crippen LogP contribution in [0.15, 0.2) is 46.8 Å². The average molecular weight is 644 g/mol. The van der Waals surface area contributed by atoms with Crippen LogP contribution in [0.4, 0.5) is 18.0 Å². The molecule has 1 aliphatic heterocycles. The van der Waals surface area contributed by atoms with Crippen LogP contribution in [-0.4, -0.2) is 66.7 Å². The quantitative estimate of drug-likeness (QED) is 0.218. The summed E-state index contributed by atoms with van der Waals surface area (Å²) in [5.74, 6) is -3.63. The van der Waals surface area contributed by atoms with E-state index >= 15 is 0 Å². The lowest BCUT2D eigenvalue weighted by molar-refractivity contribution is -0.142. The summed E-state index contributed by atoms with van der Waals surface area (Å²) >= 11 is 1.44. The van der Waals surface area contributed by atoms with Gasteiger partial charge in [-0.2, -0.15) is 24.9 Å². The molecule has 1 heterocycles. The normalized spacial score (nSPS) is 16.9. The van der Waals surface area contributed by atoms with Gasteiger partial charge in [0.1, 0.15) is 18.2 Å². The Morgan fingerprint density at radius 2 is 1.59 bits per heavy atom. The molecule has 0 spiro atoms. The molecule has 1 amide bonds. The molecule has 2 rings (SSSR count). The van der Waals surface area contributed by atoms with Crippen molar-refractivity contribution in [1.82, 2.24) is 10.6 Å². The summed E-state index contributed by atoms with van der Waals surface area (Å²) in [5.41, 5.74) is 3.75. The van der Waals surface area contributed by atoms with Gasteiger partial charge in [-0.25, -0.2) is 14.4 Å². The van der Waals surface area contributed by atoms with Crippen LogP contribution < -0.4 is 16.4 Å². The number of thioether (sulfide) groups is 1. The van der Waals surface area contributed by atoms with Gasteiger partial charge in [0.25, 0.3) is 0 Å². The number of hydrogen-bond donors (Lipinski definition) is 3. The van der Waals surface area contributed by atoms with Crippen LogP contribution in [0, 0.1) is 0 Å². The van der Waals surface area contributed by atoms with Crippen molar-refractivity contribution in [1.29, 1.82) is 0 Å². The predicted octanol–water partition coefficient (Wildman–Crippen LogP) is 4.59. The highest BCUT2D eigenvalue weighted by Gasteiger charge is 2.43. The van der Waals surface area contributed by atoms with Crippen molar-refractivity contribution in [3.8, 4) is 0 Å². The third kappa shape index (κ3) is 9.74. The van der Waals surface area contributed by atoms with Crippen LogP contribution in [0.1, 0.15) is 65.0 Å². The number of Topliss-reactive ketones (excluding diaryl/α,β-unsaturated/α-hetero) is 1. The molecule has 0 saturated carbocycles. The van der Waals surface area contributed by atoms with Gasteiger partial charge < -0.3 is 30.6 Å². The first-order valence-corrected chi connectivity index (χ1v) is 15.3. The van der Waals surface area contributed by atoms with E-state index in [4.69, 9.17) is 19.9 Å². The maximum Gasteiger partial charge on any atom is 0.416 e. The number of nitrogens with one attached hydrogen (secondary N) is 2. The fraction of sp³-hybridized carbons (Fsp3) is 0.533. The highest BCUT2D eigenvalue weighted by molar-refractivity contribution is 7.98. The van der Waals surface area contributed by atoms with Crippen molar-refractivity contribution >= 4 is 35.6 Å². The fourth-order valence-electron chi connectivity index (χ4n) is 4.62. The summed E-state index contributed by atoms with van der Waals surface area (Å²) in [6, 6.07) is 2.17. The number of halogens is 3. The van der Waals surface area contributed by atoms with Crippen LogP contribution in [0.25, 0.3) is 0 Å². The third-order valence-electron chi connectivity index (χ3n) is 6.46. The number of nitrogens with two attached hydrogens (primary N) is 1. The van der Waals surface area contributed by atoms with Crippen LogP contribution >= 0.6 is 11.8 Å². The lowest BCUT2D eigenvalue weighted by Gasteiger charge is -2.32. The molecular weight excluding hydrogens is 603 g/mol. The molecule has 0 radical (unpaired) electrons. The largest absolute Gasteiger partial charge is 0.463 e. The van der Waals surface area contributed by atoms with E-state index in [0.717, 1.165) is 6.07 Å². The highest BCUT2D eigenvalue weighted by atomic mass is 32.2. The minimum atomic E-state index is -4.81. The molecule has 0 aromatic heterocycles. The molecule has 1 aromatic rings. The molecule has 1 aromatic carbocycles. The Bertz CT molecular complexity index is 1310. The molecule has 0 fully saturated rings. The van der Waals surface area contributed by atoms with Gasteiger partial charge in [0.2, 0.25) is 0 Å². The molecule has 3 atom stereocenters. The van der Waals surface area contributed by atoms with Crippen LogP contribution in [0.3, 0.4) is 0 Å². The van der Waals surface area contributed by atoms with Crippen LogP contribution in [0.5, 0.6) is 0 Å². The number of rotatable bonds is 12. The Morgan fingerprint density at radius 1 is 1.02 bits per heavy atom. The zero-order valence-electron chi connectivity index (χ0n) is 25.8. The van der Waals surface area contributed by atoms with Gasteiger partial charge in [-0.3, -0.25) is 4.79 Å². The SMILES string of the molecule is CCOC(=O)C1=C(C)NC(C)=C(C(=O)OCC(N)C(=O)[C@H](CCSC)NC(=O)OC(C)(C)C)C1c1ccccc1C(F)(F)F. The minimum Gasteiger partial charge on any atom is -0.463 e. The zero-order valence-corrected chi connectivity index (χ0v) is 26.7. The van der Waals surface area contributed by atoms with Gasteiger partial charge in [-0.1, -0.05) is 18.2 Å². The van der Waals surface area contributed by atoms with E-state index in [2.05, 4.69) is 10.6 Å². The molecule has 10 nitrogen and oxygen atoms in total. The molecule has 4 N–H and O–H groups in total. The Balaban J connectivity index is 2.41. The first-order valence-electron chi connectivity index (χ1n) is 13.9. The molecule has 44 heavy (non-hydrogen) atoms. The summed E-state index contributed by atoms with van der Waals surface area (Å²) in [5, 5.41) is 5.37. The number of carbonyl (C=O) groups excluding carboxylic acids is 4. The smallest absolute Gasteiger partial charge is 0.416 e. The number of alkyl carbamates (subject to hydrolysis) is 1. The number of ether oxygens (including phenoxy) is 3. The predicted molar refractivity (Wildman–Crippen MR) is 159 cm³/mol. The number of hydrogen-bond acceptors (Lipinski definition) is 10. The Labute approximate surface area is 259 Å². The summed E-state index contributed by atoms with van der Waals surface area (Å²) in [6.45, 7) is 8.78. The number of dihydropyridines is 1. The zero-order chi connectivity index (χ0) is 33.4. The first kappa shape index (κ1) is 36.7. The molecule has 0 bridgehead atoms.